The standard InChI is InChI=1S/C11H21P/c1-2-6-10(7-3-1)11-8-4-5-9-12-11/h10-12H,1-9H2. The van der Waals surface area contributed by atoms with E-state index in [4.69, 9.17) is 0 Å². The lowest BCUT2D eigenvalue weighted by molar-refractivity contribution is 0.333. The van der Waals surface area contributed by atoms with Crippen LogP contribution in [0, 0.1) is 5.92 Å². The van der Waals surface area contributed by atoms with Crippen LogP contribution in [-0.4, -0.2) is 11.8 Å². The quantitative estimate of drug-likeness (QED) is 0.544. The van der Waals surface area contributed by atoms with E-state index in [1.54, 1.807) is 25.4 Å². The number of rotatable bonds is 1. The van der Waals surface area contributed by atoms with Crippen LogP contribution in [0.5, 0.6) is 0 Å². The molecule has 0 amide bonds. The van der Waals surface area contributed by atoms with E-state index in [1.807, 2.05) is 0 Å². The van der Waals surface area contributed by atoms with Crippen molar-refractivity contribution in [3.63, 3.8) is 0 Å². The molecule has 0 bridgehead atoms. The third-order valence-electron chi connectivity index (χ3n) is 3.57. The minimum absolute atomic E-state index is 1.15. The van der Waals surface area contributed by atoms with Crippen molar-refractivity contribution < 1.29 is 0 Å². The zero-order valence-electron chi connectivity index (χ0n) is 8.02. The minimum atomic E-state index is 1.15. The van der Waals surface area contributed by atoms with Gasteiger partial charge in [0, 0.05) is 0 Å². The second-order valence-electron chi connectivity index (χ2n) is 4.45. The van der Waals surface area contributed by atoms with Gasteiger partial charge in [-0.05, 0) is 43.4 Å². The van der Waals surface area contributed by atoms with Gasteiger partial charge >= 0.3 is 0 Å². The largest absolute Gasteiger partial charge is 0.119 e. The van der Waals surface area contributed by atoms with Gasteiger partial charge in [0.15, 0.2) is 0 Å². The van der Waals surface area contributed by atoms with Crippen molar-refractivity contribution in [1.29, 1.82) is 0 Å². The van der Waals surface area contributed by atoms with Crippen LogP contribution in [0.4, 0.5) is 0 Å². The third-order valence-corrected chi connectivity index (χ3v) is 5.49. The van der Waals surface area contributed by atoms with Gasteiger partial charge in [-0.3, -0.25) is 0 Å². The predicted molar refractivity (Wildman–Crippen MR) is 57.4 cm³/mol. The Hall–Kier alpha value is 0.430. The van der Waals surface area contributed by atoms with Crippen LogP contribution in [0.3, 0.4) is 0 Å². The molecule has 2 rings (SSSR count). The summed E-state index contributed by atoms with van der Waals surface area (Å²) in [5.41, 5.74) is 1.17. The summed E-state index contributed by atoms with van der Waals surface area (Å²) in [6.45, 7) is 0. The maximum absolute atomic E-state index is 1.57. The van der Waals surface area contributed by atoms with Gasteiger partial charge in [-0.25, -0.2) is 0 Å². The van der Waals surface area contributed by atoms with Gasteiger partial charge in [-0.1, -0.05) is 25.7 Å². The molecule has 1 saturated heterocycles. The maximum Gasteiger partial charge on any atom is -0.0208 e. The molecule has 0 N–H and O–H groups in total. The smallest absolute Gasteiger partial charge is 0.0208 e. The van der Waals surface area contributed by atoms with Crippen LogP contribution < -0.4 is 0 Å². The summed E-state index contributed by atoms with van der Waals surface area (Å²) in [5.74, 6) is 1.15. The highest BCUT2D eigenvalue weighted by Crippen LogP contribution is 2.41. The SMILES string of the molecule is C1CCC(C2CCCCP2)CC1. The fourth-order valence-corrected chi connectivity index (χ4v) is 4.72. The fourth-order valence-electron chi connectivity index (χ4n) is 2.82. The van der Waals surface area contributed by atoms with E-state index in [-0.39, 0.29) is 0 Å². The molecule has 0 spiro atoms. The van der Waals surface area contributed by atoms with Crippen molar-refractivity contribution in [2.45, 2.75) is 57.0 Å². The molecule has 0 aromatic rings. The molecule has 2 atom stereocenters. The van der Waals surface area contributed by atoms with Crippen LogP contribution in [0.15, 0.2) is 0 Å². The van der Waals surface area contributed by atoms with Gasteiger partial charge in [0.25, 0.3) is 0 Å². The molecule has 12 heavy (non-hydrogen) atoms. The topological polar surface area (TPSA) is 0 Å². The maximum atomic E-state index is 1.57. The Kier molecular flexibility index (Phi) is 3.46. The second kappa shape index (κ2) is 4.61. The van der Waals surface area contributed by atoms with Crippen molar-refractivity contribution in [3.8, 4) is 0 Å². The second-order valence-corrected chi connectivity index (χ2v) is 6.10. The Morgan fingerprint density at radius 2 is 1.50 bits per heavy atom. The van der Waals surface area contributed by atoms with Crippen molar-refractivity contribution in [1.82, 2.24) is 0 Å². The zero-order chi connectivity index (χ0) is 8.23. The molecule has 1 heteroatoms. The molecule has 1 saturated carbocycles. The highest BCUT2D eigenvalue weighted by atomic mass is 31.1. The van der Waals surface area contributed by atoms with E-state index in [9.17, 15) is 0 Å². The summed E-state index contributed by atoms with van der Waals surface area (Å²) >= 11 is 0. The zero-order valence-corrected chi connectivity index (χ0v) is 9.02. The monoisotopic (exact) mass is 184 g/mol. The molecule has 0 nitrogen and oxygen atoms in total. The van der Waals surface area contributed by atoms with Gasteiger partial charge in [0.05, 0.1) is 0 Å². The van der Waals surface area contributed by atoms with Gasteiger partial charge in [-0.2, -0.15) is 0 Å². The van der Waals surface area contributed by atoms with Crippen LogP contribution in [0.1, 0.15) is 51.4 Å². The van der Waals surface area contributed by atoms with Crippen molar-refractivity contribution >= 4 is 8.58 Å². The summed E-state index contributed by atoms with van der Waals surface area (Å²) in [4.78, 5) is 0. The molecular weight excluding hydrogens is 163 g/mol. The fraction of sp³-hybridized carbons (Fsp3) is 1.00. The molecule has 2 fully saturated rings. The van der Waals surface area contributed by atoms with E-state index in [0.717, 1.165) is 5.92 Å². The Morgan fingerprint density at radius 3 is 2.17 bits per heavy atom. The Morgan fingerprint density at radius 1 is 0.750 bits per heavy atom. The van der Waals surface area contributed by atoms with E-state index < -0.39 is 0 Å². The Labute approximate surface area is 78.3 Å². The first-order valence-corrected chi connectivity index (χ1v) is 6.98. The molecule has 1 aliphatic carbocycles. The third kappa shape index (κ3) is 2.22. The van der Waals surface area contributed by atoms with E-state index in [1.165, 1.54) is 46.3 Å². The van der Waals surface area contributed by atoms with Crippen LogP contribution in [-0.2, 0) is 0 Å². The van der Waals surface area contributed by atoms with Gasteiger partial charge in [0.1, 0.15) is 0 Å². The predicted octanol–water partition coefficient (Wildman–Crippen LogP) is 3.80. The lowest BCUT2D eigenvalue weighted by Crippen LogP contribution is -2.21. The molecule has 0 radical (unpaired) electrons. The van der Waals surface area contributed by atoms with E-state index >= 15 is 0 Å². The molecule has 0 aromatic heterocycles. The first kappa shape index (κ1) is 9.00. The summed E-state index contributed by atoms with van der Waals surface area (Å²) in [5, 5.41) is 0. The van der Waals surface area contributed by atoms with Crippen LogP contribution in [0.2, 0.25) is 0 Å². The Balaban J connectivity index is 1.80. The van der Waals surface area contributed by atoms with E-state index in [2.05, 4.69) is 0 Å². The van der Waals surface area contributed by atoms with Crippen molar-refractivity contribution in [2.75, 3.05) is 6.16 Å². The Bertz CT molecular complexity index is 105. The van der Waals surface area contributed by atoms with Crippen molar-refractivity contribution in [3.05, 3.63) is 0 Å². The summed E-state index contributed by atoms with van der Waals surface area (Å²) in [7, 11) is 1.32. The molecule has 1 heterocycles. The highest BCUT2D eigenvalue weighted by molar-refractivity contribution is 7.39. The molecule has 2 aliphatic rings. The average Bonchev–Trinajstić information content (AvgIpc) is 2.21. The molecule has 2 unspecified atom stereocenters. The number of hydrogen-bond donors (Lipinski definition) is 0. The molecular formula is C11H21P. The van der Waals surface area contributed by atoms with Gasteiger partial charge < -0.3 is 0 Å². The molecule has 1 aliphatic heterocycles. The van der Waals surface area contributed by atoms with Crippen LogP contribution >= 0.6 is 8.58 Å². The first-order valence-electron chi connectivity index (χ1n) is 5.70. The summed E-state index contributed by atoms with van der Waals surface area (Å²) in [6, 6.07) is 0. The molecule has 0 aromatic carbocycles. The van der Waals surface area contributed by atoms with Gasteiger partial charge in [0.2, 0.25) is 0 Å². The van der Waals surface area contributed by atoms with E-state index in [0.29, 0.717) is 0 Å². The van der Waals surface area contributed by atoms with Crippen molar-refractivity contribution in [2.24, 2.45) is 5.92 Å². The lowest BCUT2D eigenvalue weighted by atomic mass is 9.85. The highest BCUT2D eigenvalue weighted by Gasteiger charge is 2.24. The lowest BCUT2D eigenvalue weighted by Gasteiger charge is -2.32. The van der Waals surface area contributed by atoms with Gasteiger partial charge in [-0.15, -0.1) is 8.58 Å². The normalized spacial score (nSPS) is 35.5. The van der Waals surface area contributed by atoms with Crippen LogP contribution in [0.25, 0.3) is 0 Å². The first-order chi connectivity index (χ1) is 5.97. The number of hydrogen-bond acceptors (Lipinski definition) is 0. The summed E-state index contributed by atoms with van der Waals surface area (Å²) in [6.07, 6.45) is 13.9. The summed E-state index contributed by atoms with van der Waals surface area (Å²) < 4.78 is 0. The average molecular weight is 184 g/mol. The molecule has 70 valence electrons. The minimum Gasteiger partial charge on any atom is -0.119 e.